The second-order valence-corrected chi connectivity index (χ2v) is 11.9. The van der Waals surface area contributed by atoms with E-state index in [1.54, 1.807) is 12.2 Å². The first kappa shape index (κ1) is 23.0. The fraction of sp³-hybridized carbons (Fsp3) is 0.750. The number of aliphatic hydroxyl groups is 2. The Hall–Kier alpha value is -1.19. The van der Waals surface area contributed by atoms with Gasteiger partial charge in [0, 0.05) is 5.92 Å². The molecule has 0 heterocycles. The Bertz CT molecular complexity index is 807. The molecular weight excluding hydrogens is 384 g/mol. The molecule has 0 spiro atoms. The van der Waals surface area contributed by atoms with Gasteiger partial charge in [-0.1, -0.05) is 52.0 Å². The highest BCUT2D eigenvalue weighted by Gasteiger charge is 2.65. The lowest BCUT2D eigenvalue weighted by molar-refractivity contribution is -0.158. The highest BCUT2D eigenvalue weighted by molar-refractivity contribution is 5.99. The predicted octanol–water partition coefficient (Wildman–Crippen LogP) is 5.48. The molecule has 3 saturated carbocycles. The number of carbonyl (C=O) groups is 1. The summed E-state index contributed by atoms with van der Waals surface area (Å²) in [6.45, 7) is 15.5. The van der Waals surface area contributed by atoms with Gasteiger partial charge in [0.15, 0.2) is 5.78 Å². The van der Waals surface area contributed by atoms with Gasteiger partial charge in [-0.2, -0.15) is 0 Å². The number of ketones is 1. The first-order valence-electron chi connectivity index (χ1n) is 12.5. The van der Waals surface area contributed by atoms with E-state index >= 15 is 0 Å². The van der Waals surface area contributed by atoms with Gasteiger partial charge in [0.2, 0.25) is 0 Å². The Kier molecular flexibility index (Phi) is 5.92. The van der Waals surface area contributed by atoms with Crippen LogP contribution < -0.4 is 0 Å². The Morgan fingerprint density at radius 2 is 1.94 bits per heavy atom. The van der Waals surface area contributed by atoms with Crippen molar-refractivity contribution in [1.82, 2.24) is 0 Å². The van der Waals surface area contributed by atoms with Crippen molar-refractivity contribution in [3.63, 3.8) is 0 Å². The summed E-state index contributed by atoms with van der Waals surface area (Å²) in [5, 5.41) is 22.6. The summed E-state index contributed by atoms with van der Waals surface area (Å²) in [5.41, 5.74) is 1.46. The van der Waals surface area contributed by atoms with Crippen molar-refractivity contribution in [2.24, 2.45) is 46.3 Å². The third kappa shape index (κ3) is 3.42. The lowest BCUT2D eigenvalue weighted by atomic mass is 9.45. The molecule has 3 heteroatoms. The largest absolute Gasteiger partial charge is 0.393 e. The topological polar surface area (TPSA) is 57.5 Å². The minimum absolute atomic E-state index is 0.0523. The van der Waals surface area contributed by atoms with Crippen LogP contribution in [0.3, 0.4) is 0 Å². The van der Waals surface area contributed by atoms with Crippen LogP contribution in [0.25, 0.3) is 0 Å². The van der Waals surface area contributed by atoms with Crippen molar-refractivity contribution in [3.8, 4) is 0 Å². The molecule has 0 aromatic carbocycles. The highest BCUT2D eigenvalue weighted by Crippen LogP contribution is 2.67. The second-order valence-electron chi connectivity index (χ2n) is 11.9. The zero-order valence-electron chi connectivity index (χ0n) is 20.1. The molecule has 9 atom stereocenters. The summed E-state index contributed by atoms with van der Waals surface area (Å²) in [4.78, 5) is 13.1. The normalized spacial score (nSPS) is 45.0. The predicted molar refractivity (Wildman–Crippen MR) is 125 cm³/mol. The fourth-order valence-electron chi connectivity index (χ4n) is 8.30. The summed E-state index contributed by atoms with van der Waals surface area (Å²) >= 11 is 0. The van der Waals surface area contributed by atoms with E-state index in [9.17, 15) is 15.0 Å². The van der Waals surface area contributed by atoms with Gasteiger partial charge in [0.25, 0.3) is 0 Å². The number of allylic oxidation sites excluding steroid dienone is 4. The molecular formula is C28H42O3. The second kappa shape index (κ2) is 7.99. The highest BCUT2D eigenvalue weighted by atomic mass is 16.3. The van der Waals surface area contributed by atoms with E-state index in [1.807, 2.05) is 13.0 Å². The number of hydrogen-bond donors (Lipinski definition) is 2. The minimum atomic E-state index is -0.767. The van der Waals surface area contributed by atoms with Gasteiger partial charge in [-0.25, -0.2) is 0 Å². The maximum absolute atomic E-state index is 13.1. The summed E-state index contributed by atoms with van der Waals surface area (Å²) < 4.78 is 0. The van der Waals surface area contributed by atoms with Gasteiger partial charge in [0.05, 0.1) is 17.6 Å². The molecule has 0 aliphatic heterocycles. The van der Waals surface area contributed by atoms with E-state index in [0.717, 1.165) is 31.3 Å². The number of carbonyl (C=O) groups excluding carboxylic acids is 1. The number of hydrogen-bond acceptors (Lipinski definition) is 3. The molecule has 0 radical (unpaired) electrons. The molecule has 0 aromatic heterocycles. The van der Waals surface area contributed by atoms with Crippen molar-refractivity contribution < 1.29 is 15.0 Å². The Balaban J connectivity index is 1.60. The van der Waals surface area contributed by atoms with Gasteiger partial charge in [-0.3, -0.25) is 4.79 Å². The quantitative estimate of drug-likeness (QED) is 0.572. The van der Waals surface area contributed by atoms with Crippen LogP contribution in [-0.4, -0.2) is 28.2 Å². The van der Waals surface area contributed by atoms with E-state index in [4.69, 9.17) is 0 Å². The van der Waals surface area contributed by atoms with Crippen molar-refractivity contribution in [2.45, 2.75) is 85.4 Å². The van der Waals surface area contributed by atoms with Gasteiger partial charge in [-0.05, 0) is 92.1 Å². The molecule has 0 saturated heterocycles. The average molecular weight is 427 g/mol. The Morgan fingerprint density at radius 3 is 2.61 bits per heavy atom. The summed E-state index contributed by atoms with van der Waals surface area (Å²) in [5.74, 6) is 2.33. The minimum Gasteiger partial charge on any atom is -0.393 e. The lowest BCUT2D eigenvalue weighted by Crippen LogP contribution is -2.60. The molecule has 3 nitrogen and oxygen atoms in total. The van der Waals surface area contributed by atoms with Crippen LogP contribution in [-0.2, 0) is 4.79 Å². The van der Waals surface area contributed by atoms with Crippen LogP contribution >= 0.6 is 0 Å². The molecule has 4 aliphatic carbocycles. The van der Waals surface area contributed by atoms with Crippen LogP contribution in [0.15, 0.2) is 36.0 Å². The lowest BCUT2D eigenvalue weighted by Gasteiger charge is -2.60. The average Bonchev–Trinajstić information content (AvgIpc) is 3.03. The van der Waals surface area contributed by atoms with Crippen LogP contribution in [0.5, 0.6) is 0 Å². The maximum atomic E-state index is 13.1. The summed E-state index contributed by atoms with van der Waals surface area (Å²) in [6.07, 6.45) is 10.3. The molecule has 4 rings (SSSR count). The molecule has 0 aromatic rings. The fourth-order valence-corrected chi connectivity index (χ4v) is 8.30. The first-order valence-corrected chi connectivity index (χ1v) is 12.5. The third-order valence-electron chi connectivity index (χ3n) is 10.1. The Labute approximate surface area is 188 Å². The van der Waals surface area contributed by atoms with E-state index in [-0.39, 0.29) is 23.0 Å². The van der Waals surface area contributed by atoms with E-state index in [1.165, 1.54) is 12.0 Å². The van der Waals surface area contributed by atoms with Gasteiger partial charge >= 0.3 is 0 Å². The molecule has 2 N–H and O–H groups in total. The molecule has 31 heavy (non-hydrogen) atoms. The van der Waals surface area contributed by atoms with Crippen LogP contribution in [0.4, 0.5) is 0 Å². The molecule has 0 unspecified atom stereocenters. The maximum Gasteiger partial charge on any atom is 0.166 e. The number of fused-ring (bicyclic) bond motifs is 5. The van der Waals surface area contributed by atoms with Crippen molar-refractivity contribution in [1.29, 1.82) is 0 Å². The number of aliphatic hydroxyl groups excluding tert-OH is 2. The van der Waals surface area contributed by atoms with Crippen molar-refractivity contribution in [2.75, 3.05) is 0 Å². The summed E-state index contributed by atoms with van der Waals surface area (Å²) in [7, 11) is 0. The van der Waals surface area contributed by atoms with E-state index < -0.39 is 17.6 Å². The zero-order valence-corrected chi connectivity index (χ0v) is 20.1. The monoisotopic (exact) mass is 426 g/mol. The SMILES string of the molecule is C=C(CC[C@@H](C)[C@H]1CC[C@H]2[C@@H]3C[C@@H](O)C4=CC=CC(=O)[C@]4(C)[C@H]3[C@H](O)C[C@]12C)C(C)C. The Morgan fingerprint density at radius 1 is 1.23 bits per heavy atom. The van der Waals surface area contributed by atoms with Crippen LogP contribution in [0, 0.1) is 46.3 Å². The molecule has 0 bridgehead atoms. The molecule has 0 amide bonds. The summed E-state index contributed by atoms with van der Waals surface area (Å²) in [6, 6.07) is 0. The molecule has 172 valence electrons. The van der Waals surface area contributed by atoms with E-state index in [2.05, 4.69) is 34.3 Å². The first-order chi connectivity index (χ1) is 14.5. The van der Waals surface area contributed by atoms with Crippen molar-refractivity contribution in [3.05, 3.63) is 36.0 Å². The van der Waals surface area contributed by atoms with Crippen LogP contribution in [0.2, 0.25) is 0 Å². The van der Waals surface area contributed by atoms with Crippen molar-refractivity contribution >= 4 is 5.78 Å². The van der Waals surface area contributed by atoms with Gasteiger partial charge in [0.1, 0.15) is 0 Å². The van der Waals surface area contributed by atoms with Gasteiger partial charge < -0.3 is 10.2 Å². The number of rotatable bonds is 5. The van der Waals surface area contributed by atoms with Crippen LogP contribution in [0.1, 0.15) is 73.1 Å². The molecule has 4 aliphatic rings. The molecule has 3 fully saturated rings. The van der Waals surface area contributed by atoms with E-state index in [0.29, 0.717) is 30.1 Å². The zero-order chi connectivity index (χ0) is 22.7. The standard InChI is InChI=1S/C28H42O3/c1-16(2)17(3)10-11-18(4)20-12-13-21-19-14-23(29)22-8-7-9-25(31)28(22,6)26(19)24(30)15-27(20,21)5/h7-9,16,18-21,23-24,26,29-30H,3,10-15H2,1-2,4-6H3/t18-,19+,20-,21+,23-,24-,26-,27-,28-/m1/s1. The van der Waals surface area contributed by atoms with Gasteiger partial charge in [-0.15, -0.1) is 0 Å². The third-order valence-corrected chi connectivity index (χ3v) is 10.1. The smallest absolute Gasteiger partial charge is 0.166 e.